The Morgan fingerprint density at radius 3 is 2.11 bits per heavy atom. The summed E-state index contributed by atoms with van der Waals surface area (Å²) in [5, 5.41) is 3.70. The molecule has 1 atom stereocenters. The number of ether oxygens (including phenoxy) is 1. The fourth-order valence-corrected chi connectivity index (χ4v) is 3.79. The van der Waals surface area contributed by atoms with Crippen LogP contribution in [0.4, 0.5) is 5.69 Å². The molecular weight excluding hydrogens is 302 g/mol. The predicted molar refractivity (Wildman–Crippen MR) is 84.9 cm³/mol. The first-order valence-electron chi connectivity index (χ1n) is 6.84. The van der Waals surface area contributed by atoms with E-state index < -0.39 is 0 Å². The zero-order valence-corrected chi connectivity index (χ0v) is 14.3. The Balaban J connectivity index is 2.27. The van der Waals surface area contributed by atoms with Crippen LogP contribution in [-0.4, -0.2) is 17.2 Å². The highest BCUT2D eigenvalue weighted by atomic mass is 79.9. The van der Waals surface area contributed by atoms with Gasteiger partial charge in [-0.15, -0.1) is 0 Å². The molecule has 1 fully saturated rings. The molecule has 1 unspecified atom stereocenters. The van der Waals surface area contributed by atoms with Crippen LogP contribution >= 0.6 is 15.9 Å². The van der Waals surface area contributed by atoms with E-state index in [1.54, 1.807) is 0 Å². The molecule has 1 aromatic carbocycles. The summed E-state index contributed by atoms with van der Waals surface area (Å²) < 4.78 is 7.29. The Hall–Kier alpha value is -0.540. The number of rotatable bonds is 2. The van der Waals surface area contributed by atoms with Crippen molar-refractivity contribution in [1.82, 2.24) is 0 Å². The smallest absolute Gasteiger partial charge is 0.0834 e. The topological polar surface area (TPSA) is 21.3 Å². The standard InChI is InChI=1S/C16H24BrNO/c1-10-7-12(17)8-11(2)14(10)18-13-9-15(3,4)19-16(13,5)6/h7-8,13,18H,9H2,1-6H3. The van der Waals surface area contributed by atoms with Crippen molar-refractivity contribution in [2.75, 3.05) is 5.32 Å². The lowest BCUT2D eigenvalue weighted by Gasteiger charge is -2.29. The molecule has 0 aliphatic carbocycles. The zero-order chi connectivity index (χ0) is 14.4. The van der Waals surface area contributed by atoms with Crippen LogP contribution in [0, 0.1) is 13.8 Å². The fraction of sp³-hybridized carbons (Fsp3) is 0.625. The molecule has 3 heteroatoms. The summed E-state index contributed by atoms with van der Waals surface area (Å²) in [6.07, 6.45) is 1.02. The summed E-state index contributed by atoms with van der Waals surface area (Å²) >= 11 is 3.55. The minimum Gasteiger partial charge on any atom is -0.379 e. The van der Waals surface area contributed by atoms with E-state index >= 15 is 0 Å². The Labute approximate surface area is 125 Å². The highest BCUT2D eigenvalue weighted by Crippen LogP contribution is 2.40. The summed E-state index contributed by atoms with van der Waals surface area (Å²) in [5.74, 6) is 0. The van der Waals surface area contributed by atoms with Gasteiger partial charge in [0, 0.05) is 10.2 Å². The van der Waals surface area contributed by atoms with Gasteiger partial charge in [0.1, 0.15) is 0 Å². The van der Waals surface area contributed by atoms with Crippen LogP contribution in [0.1, 0.15) is 45.2 Å². The molecule has 0 spiro atoms. The van der Waals surface area contributed by atoms with Gasteiger partial charge in [-0.2, -0.15) is 0 Å². The van der Waals surface area contributed by atoms with E-state index in [1.165, 1.54) is 16.8 Å². The van der Waals surface area contributed by atoms with Crippen molar-refractivity contribution in [3.63, 3.8) is 0 Å². The molecule has 0 amide bonds. The molecule has 2 rings (SSSR count). The number of hydrogen-bond acceptors (Lipinski definition) is 2. The molecule has 1 aliphatic heterocycles. The fourth-order valence-electron chi connectivity index (χ4n) is 3.10. The van der Waals surface area contributed by atoms with Crippen molar-refractivity contribution in [3.05, 3.63) is 27.7 Å². The van der Waals surface area contributed by atoms with Crippen LogP contribution in [0.5, 0.6) is 0 Å². The SMILES string of the molecule is Cc1cc(Br)cc(C)c1NC1CC(C)(C)OC1(C)C. The summed E-state index contributed by atoms with van der Waals surface area (Å²) in [5.41, 5.74) is 3.58. The van der Waals surface area contributed by atoms with Gasteiger partial charge in [-0.3, -0.25) is 0 Å². The third-order valence-corrected chi connectivity index (χ3v) is 4.35. The zero-order valence-electron chi connectivity index (χ0n) is 12.7. The van der Waals surface area contributed by atoms with Gasteiger partial charge in [-0.1, -0.05) is 15.9 Å². The summed E-state index contributed by atoms with van der Waals surface area (Å²) in [4.78, 5) is 0. The molecule has 19 heavy (non-hydrogen) atoms. The Morgan fingerprint density at radius 2 is 1.68 bits per heavy atom. The van der Waals surface area contributed by atoms with Crippen LogP contribution in [0.2, 0.25) is 0 Å². The Kier molecular flexibility index (Phi) is 3.74. The Morgan fingerprint density at radius 1 is 1.16 bits per heavy atom. The first kappa shape index (κ1) is 14.9. The number of nitrogens with one attached hydrogen (secondary N) is 1. The van der Waals surface area contributed by atoms with Gasteiger partial charge in [-0.05, 0) is 71.2 Å². The van der Waals surface area contributed by atoms with Crippen LogP contribution in [0.15, 0.2) is 16.6 Å². The lowest BCUT2D eigenvalue weighted by atomic mass is 9.93. The van der Waals surface area contributed by atoms with Gasteiger partial charge in [0.15, 0.2) is 0 Å². The molecule has 0 saturated carbocycles. The van der Waals surface area contributed by atoms with Gasteiger partial charge in [0.05, 0.1) is 17.2 Å². The third kappa shape index (κ3) is 3.14. The van der Waals surface area contributed by atoms with Gasteiger partial charge in [0.25, 0.3) is 0 Å². The van der Waals surface area contributed by atoms with Crippen LogP contribution in [-0.2, 0) is 4.74 Å². The van der Waals surface area contributed by atoms with E-state index in [1.807, 2.05) is 0 Å². The summed E-state index contributed by atoms with van der Waals surface area (Å²) in [6, 6.07) is 4.65. The molecule has 1 aromatic rings. The highest BCUT2D eigenvalue weighted by molar-refractivity contribution is 9.10. The van der Waals surface area contributed by atoms with Crippen molar-refractivity contribution in [2.24, 2.45) is 0 Å². The van der Waals surface area contributed by atoms with Crippen LogP contribution in [0.3, 0.4) is 0 Å². The van der Waals surface area contributed by atoms with Crippen molar-refractivity contribution < 1.29 is 4.74 Å². The number of benzene rings is 1. The van der Waals surface area contributed by atoms with Gasteiger partial charge in [-0.25, -0.2) is 0 Å². The number of halogens is 1. The van der Waals surface area contributed by atoms with E-state index in [4.69, 9.17) is 4.74 Å². The second-order valence-electron chi connectivity index (χ2n) is 6.78. The number of hydrogen-bond donors (Lipinski definition) is 1. The minimum atomic E-state index is -0.143. The monoisotopic (exact) mass is 325 g/mol. The quantitative estimate of drug-likeness (QED) is 0.841. The van der Waals surface area contributed by atoms with Crippen molar-refractivity contribution >= 4 is 21.6 Å². The largest absolute Gasteiger partial charge is 0.379 e. The maximum atomic E-state index is 6.15. The molecule has 0 radical (unpaired) electrons. The molecule has 0 bridgehead atoms. The summed E-state index contributed by atoms with van der Waals surface area (Å²) in [7, 11) is 0. The summed E-state index contributed by atoms with van der Waals surface area (Å²) in [6.45, 7) is 13.0. The number of aryl methyl sites for hydroxylation is 2. The van der Waals surface area contributed by atoms with Crippen LogP contribution < -0.4 is 5.32 Å². The van der Waals surface area contributed by atoms with Gasteiger partial charge in [0.2, 0.25) is 0 Å². The molecule has 2 nitrogen and oxygen atoms in total. The van der Waals surface area contributed by atoms with Crippen LogP contribution in [0.25, 0.3) is 0 Å². The van der Waals surface area contributed by atoms with Crippen molar-refractivity contribution in [1.29, 1.82) is 0 Å². The lowest BCUT2D eigenvalue weighted by molar-refractivity contribution is -0.0662. The molecule has 1 heterocycles. The normalized spacial score (nSPS) is 24.5. The highest BCUT2D eigenvalue weighted by Gasteiger charge is 2.45. The van der Waals surface area contributed by atoms with Crippen molar-refractivity contribution in [3.8, 4) is 0 Å². The maximum Gasteiger partial charge on any atom is 0.0834 e. The van der Waals surface area contributed by atoms with E-state index in [0.29, 0.717) is 6.04 Å². The Bertz CT molecular complexity index is 471. The third-order valence-electron chi connectivity index (χ3n) is 3.89. The lowest BCUT2D eigenvalue weighted by Crippen LogP contribution is -2.38. The average Bonchev–Trinajstić information content (AvgIpc) is 2.39. The first-order chi connectivity index (χ1) is 8.61. The minimum absolute atomic E-state index is 0.0572. The molecule has 1 N–H and O–H groups in total. The molecule has 106 valence electrons. The van der Waals surface area contributed by atoms with E-state index in [0.717, 1.165) is 10.9 Å². The predicted octanol–water partition coefficient (Wildman–Crippen LogP) is 4.82. The second kappa shape index (κ2) is 4.78. The van der Waals surface area contributed by atoms with E-state index in [9.17, 15) is 0 Å². The molecular formula is C16H24BrNO. The van der Waals surface area contributed by atoms with Crippen molar-refractivity contribution in [2.45, 2.75) is 65.2 Å². The average molecular weight is 326 g/mol. The molecule has 1 aliphatic rings. The van der Waals surface area contributed by atoms with E-state index in [-0.39, 0.29) is 11.2 Å². The second-order valence-corrected chi connectivity index (χ2v) is 7.70. The molecule has 0 aromatic heterocycles. The first-order valence-corrected chi connectivity index (χ1v) is 7.63. The molecule has 1 saturated heterocycles. The van der Waals surface area contributed by atoms with Gasteiger partial charge >= 0.3 is 0 Å². The van der Waals surface area contributed by atoms with E-state index in [2.05, 4.69) is 74.9 Å². The number of anilines is 1. The van der Waals surface area contributed by atoms with Gasteiger partial charge < -0.3 is 10.1 Å². The maximum absolute atomic E-state index is 6.15.